The minimum atomic E-state index is -0.617. The maximum atomic E-state index is 12.2. The molecule has 0 radical (unpaired) electrons. The molecule has 0 aliphatic rings. The summed E-state index contributed by atoms with van der Waals surface area (Å²) in [6.07, 6.45) is -0.535. The van der Waals surface area contributed by atoms with Crippen molar-refractivity contribution in [3.05, 3.63) is 27.8 Å². The van der Waals surface area contributed by atoms with E-state index in [1.807, 2.05) is 24.3 Å². The number of amides is 2. The van der Waals surface area contributed by atoms with Crippen LogP contribution in [0.3, 0.4) is 0 Å². The van der Waals surface area contributed by atoms with Crippen LogP contribution in [0.1, 0.15) is 20.8 Å². The zero-order valence-corrected chi connectivity index (χ0v) is 16.0. The number of carbonyl (C=O) groups is 2. The lowest BCUT2D eigenvalue weighted by Crippen LogP contribution is -2.42. The van der Waals surface area contributed by atoms with E-state index in [0.29, 0.717) is 12.3 Å². The molecule has 0 aliphatic heterocycles. The van der Waals surface area contributed by atoms with Crippen molar-refractivity contribution in [2.75, 3.05) is 32.1 Å². The Morgan fingerprint density at radius 2 is 1.91 bits per heavy atom. The second kappa shape index (κ2) is 9.07. The highest BCUT2D eigenvalue weighted by Crippen LogP contribution is 2.17. The molecule has 1 N–H and O–H groups in total. The highest BCUT2D eigenvalue weighted by atomic mass is 127. The van der Waals surface area contributed by atoms with Gasteiger partial charge in [-0.25, -0.2) is 4.79 Å². The molecule has 0 aliphatic carbocycles. The number of anilines is 1. The standard InChI is InChI=1S/C16H23IN2O4/c1-16(2,3)23-15(21)19(9-10-22-4)11-14(20)18-13-8-6-5-7-12(13)17/h5-8H,9-11H2,1-4H3,(H,18,20). The third-order valence-corrected chi connectivity index (χ3v) is 3.64. The van der Waals surface area contributed by atoms with Crippen molar-refractivity contribution in [2.24, 2.45) is 0 Å². The first kappa shape index (κ1) is 19.7. The molecule has 0 saturated heterocycles. The Morgan fingerprint density at radius 3 is 2.48 bits per heavy atom. The minimum absolute atomic E-state index is 0.0940. The van der Waals surface area contributed by atoms with Crippen LogP contribution in [0.15, 0.2) is 24.3 Å². The summed E-state index contributed by atoms with van der Waals surface area (Å²) >= 11 is 2.14. The summed E-state index contributed by atoms with van der Waals surface area (Å²) in [4.78, 5) is 25.7. The van der Waals surface area contributed by atoms with Crippen LogP contribution >= 0.6 is 22.6 Å². The smallest absolute Gasteiger partial charge is 0.410 e. The van der Waals surface area contributed by atoms with E-state index < -0.39 is 11.7 Å². The van der Waals surface area contributed by atoms with Crippen LogP contribution in [-0.2, 0) is 14.3 Å². The lowest BCUT2D eigenvalue weighted by molar-refractivity contribution is -0.117. The van der Waals surface area contributed by atoms with Crippen LogP contribution in [0.25, 0.3) is 0 Å². The molecule has 0 atom stereocenters. The zero-order chi connectivity index (χ0) is 17.5. The van der Waals surface area contributed by atoms with E-state index in [9.17, 15) is 9.59 Å². The number of methoxy groups -OCH3 is 1. The first-order valence-corrected chi connectivity index (χ1v) is 8.32. The van der Waals surface area contributed by atoms with Gasteiger partial charge in [0.25, 0.3) is 0 Å². The van der Waals surface area contributed by atoms with Gasteiger partial charge in [0.2, 0.25) is 5.91 Å². The fraction of sp³-hybridized carbons (Fsp3) is 0.500. The number of halogens is 1. The summed E-state index contributed by atoms with van der Waals surface area (Å²) in [5, 5.41) is 2.80. The fourth-order valence-electron chi connectivity index (χ4n) is 1.69. The Bertz CT molecular complexity index is 543. The number of nitrogens with one attached hydrogen (secondary N) is 1. The van der Waals surface area contributed by atoms with Crippen molar-refractivity contribution >= 4 is 40.3 Å². The molecule has 6 nitrogen and oxygen atoms in total. The predicted octanol–water partition coefficient (Wildman–Crippen LogP) is 3.11. The summed E-state index contributed by atoms with van der Waals surface area (Å²) in [7, 11) is 1.54. The number of benzene rings is 1. The second-order valence-electron chi connectivity index (χ2n) is 5.92. The van der Waals surface area contributed by atoms with E-state index in [-0.39, 0.29) is 19.0 Å². The van der Waals surface area contributed by atoms with Gasteiger partial charge in [-0.05, 0) is 55.5 Å². The van der Waals surface area contributed by atoms with Crippen molar-refractivity contribution in [3.8, 4) is 0 Å². The number of hydrogen-bond acceptors (Lipinski definition) is 4. The van der Waals surface area contributed by atoms with E-state index in [4.69, 9.17) is 9.47 Å². The van der Waals surface area contributed by atoms with Gasteiger partial charge < -0.3 is 14.8 Å². The van der Waals surface area contributed by atoms with Gasteiger partial charge in [0.05, 0.1) is 12.3 Å². The Labute approximate surface area is 150 Å². The lowest BCUT2D eigenvalue weighted by atomic mass is 10.2. The molecule has 23 heavy (non-hydrogen) atoms. The number of ether oxygens (including phenoxy) is 2. The molecule has 0 fully saturated rings. The third kappa shape index (κ3) is 7.65. The average molecular weight is 434 g/mol. The molecular weight excluding hydrogens is 411 g/mol. The van der Waals surface area contributed by atoms with Gasteiger partial charge >= 0.3 is 6.09 Å². The van der Waals surface area contributed by atoms with Gasteiger partial charge in [-0.15, -0.1) is 0 Å². The van der Waals surface area contributed by atoms with E-state index in [2.05, 4.69) is 27.9 Å². The molecule has 0 spiro atoms. The van der Waals surface area contributed by atoms with Crippen LogP contribution < -0.4 is 5.32 Å². The summed E-state index contributed by atoms with van der Waals surface area (Å²) in [5.74, 6) is -0.281. The first-order chi connectivity index (χ1) is 10.7. The lowest BCUT2D eigenvalue weighted by Gasteiger charge is -2.27. The maximum Gasteiger partial charge on any atom is 0.410 e. The third-order valence-electron chi connectivity index (χ3n) is 2.70. The van der Waals surface area contributed by atoms with Crippen molar-refractivity contribution in [1.29, 1.82) is 0 Å². The molecule has 0 heterocycles. The van der Waals surface area contributed by atoms with Crippen molar-refractivity contribution < 1.29 is 19.1 Å². The Morgan fingerprint density at radius 1 is 1.26 bits per heavy atom. The minimum Gasteiger partial charge on any atom is -0.444 e. The Balaban J connectivity index is 2.70. The number of hydrogen-bond donors (Lipinski definition) is 1. The molecule has 0 aromatic heterocycles. The Hall–Kier alpha value is -1.35. The second-order valence-corrected chi connectivity index (χ2v) is 7.08. The molecule has 0 unspecified atom stereocenters. The fourth-order valence-corrected chi connectivity index (χ4v) is 2.21. The van der Waals surface area contributed by atoms with Gasteiger partial charge in [-0.3, -0.25) is 9.69 Å². The molecule has 7 heteroatoms. The summed E-state index contributed by atoms with van der Waals surface area (Å²) in [6, 6.07) is 7.44. The van der Waals surface area contributed by atoms with Gasteiger partial charge in [0, 0.05) is 17.2 Å². The molecule has 1 aromatic rings. The van der Waals surface area contributed by atoms with Crippen molar-refractivity contribution in [1.82, 2.24) is 4.90 Å². The predicted molar refractivity (Wildman–Crippen MR) is 97.5 cm³/mol. The summed E-state index contributed by atoms with van der Waals surface area (Å²) in [5.41, 5.74) is 0.0993. The van der Waals surface area contributed by atoms with Crippen LogP contribution in [0.5, 0.6) is 0 Å². The monoisotopic (exact) mass is 434 g/mol. The number of para-hydroxylation sites is 1. The molecule has 128 valence electrons. The van der Waals surface area contributed by atoms with E-state index in [1.165, 1.54) is 4.90 Å². The van der Waals surface area contributed by atoms with Crippen LogP contribution in [0.2, 0.25) is 0 Å². The molecule has 0 bridgehead atoms. The zero-order valence-electron chi connectivity index (χ0n) is 13.9. The summed E-state index contributed by atoms with van der Waals surface area (Å²) in [6.45, 7) is 5.87. The largest absolute Gasteiger partial charge is 0.444 e. The van der Waals surface area contributed by atoms with E-state index in [0.717, 1.165) is 3.57 Å². The quantitative estimate of drug-likeness (QED) is 0.699. The van der Waals surface area contributed by atoms with Crippen molar-refractivity contribution in [3.63, 3.8) is 0 Å². The average Bonchev–Trinajstić information content (AvgIpc) is 2.44. The number of carbonyl (C=O) groups excluding carboxylic acids is 2. The normalized spacial score (nSPS) is 11.0. The Kier molecular flexibility index (Phi) is 7.77. The molecule has 0 saturated carbocycles. The maximum absolute atomic E-state index is 12.2. The molecule has 2 amide bonds. The van der Waals surface area contributed by atoms with Gasteiger partial charge in [0.1, 0.15) is 12.1 Å². The number of nitrogens with zero attached hydrogens (tertiary/aromatic N) is 1. The SMILES string of the molecule is COCCN(CC(=O)Nc1ccccc1I)C(=O)OC(C)(C)C. The molecular formula is C16H23IN2O4. The van der Waals surface area contributed by atoms with Gasteiger partial charge in [-0.2, -0.15) is 0 Å². The number of rotatable bonds is 6. The molecule has 1 rings (SSSR count). The van der Waals surface area contributed by atoms with Crippen molar-refractivity contribution in [2.45, 2.75) is 26.4 Å². The highest BCUT2D eigenvalue weighted by molar-refractivity contribution is 14.1. The highest BCUT2D eigenvalue weighted by Gasteiger charge is 2.24. The first-order valence-electron chi connectivity index (χ1n) is 7.24. The van der Waals surface area contributed by atoms with Gasteiger partial charge in [0.15, 0.2) is 0 Å². The van der Waals surface area contributed by atoms with E-state index in [1.54, 1.807) is 27.9 Å². The topological polar surface area (TPSA) is 67.9 Å². The molecule has 1 aromatic carbocycles. The summed E-state index contributed by atoms with van der Waals surface area (Å²) < 4.78 is 11.2. The van der Waals surface area contributed by atoms with E-state index >= 15 is 0 Å². The van der Waals surface area contributed by atoms with Gasteiger partial charge in [-0.1, -0.05) is 12.1 Å². The van der Waals surface area contributed by atoms with Crippen LogP contribution in [0, 0.1) is 3.57 Å². The van der Waals surface area contributed by atoms with Crippen LogP contribution in [-0.4, -0.2) is 49.3 Å². The van der Waals surface area contributed by atoms with Crippen LogP contribution in [0.4, 0.5) is 10.5 Å².